The number of likely N-dealkylation sites (N-methyl/N-ethyl adjacent to an activating group) is 1. The Bertz CT molecular complexity index is 639. The van der Waals surface area contributed by atoms with Crippen LogP contribution in [0.5, 0.6) is 0 Å². The van der Waals surface area contributed by atoms with Gasteiger partial charge < -0.3 is 10.6 Å². The molecule has 1 unspecified atom stereocenters. The topological polar surface area (TPSA) is 27.3 Å². The molecule has 2 N–H and O–H groups in total. The summed E-state index contributed by atoms with van der Waals surface area (Å²) in [5, 5.41) is 11.7. The molecule has 1 aliphatic rings. The predicted molar refractivity (Wildman–Crippen MR) is 102 cm³/mol. The van der Waals surface area contributed by atoms with Crippen molar-refractivity contribution in [3.63, 3.8) is 0 Å². The van der Waals surface area contributed by atoms with Gasteiger partial charge in [0.05, 0.1) is 0 Å². The second-order valence-electron chi connectivity index (χ2n) is 6.06. The van der Waals surface area contributed by atoms with Crippen LogP contribution in [0, 0.1) is 0 Å². The van der Waals surface area contributed by atoms with Crippen LogP contribution in [-0.4, -0.2) is 36.2 Å². The standard InChI is InChI=1S/C18H23N3S2/c1-21-12-16-5-3-2-4-15(16)10-17(21)11-20-18(22)19-8-6-14-7-9-23-13-14/h2-5,7,9,13,17H,6,8,10-12H2,1H3,(H2,19,20,22). The molecule has 0 spiro atoms. The van der Waals surface area contributed by atoms with Crippen LogP contribution < -0.4 is 10.6 Å². The van der Waals surface area contributed by atoms with E-state index in [4.69, 9.17) is 12.2 Å². The molecule has 0 fully saturated rings. The highest BCUT2D eigenvalue weighted by Crippen LogP contribution is 2.21. The molecule has 1 aliphatic heterocycles. The molecule has 2 aromatic rings. The van der Waals surface area contributed by atoms with Gasteiger partial charge in [-0.3, -0.25) is 4.90 Å². The molecule has 1 atom stereocenters. The molecular weight excluding hydrogens is 322 g/mol. The lowest BCUT2D eigenvalue weighted by atomic mass is 9.94. The zero-order valence-corrected chi connectivity index (χ0v) is 15.1. The molecule has 0 radical (unpaired) electrons. The number of fused-ring (bicyclic) bond motifs is 1. The summed E-state index contributed by atoms with van der Waals surface area (Å²) in [6.45, 7) is 2.78. The highest BCUT2D eigenvalue weighted by atomic mass is 32.1. The van der Waals surface area contributed by atoms with Crippen molar-refractivity contribution in [1.82, 2.24) is 15.5 Å². The van der Waals surface area contributed by atoms with Gasteiger partial charge in [-0.15, -0.1) is 0 Å². The van der Waals surface area contributed by atoms with Gasteiger partial charge in [0, 0.05) is 25.7 Å². The van der Waals surface area contributed by atoms with E-state index in [1.807, 2.05) is 0 Å². The summed E-state index contributed by atoms with van der Waals surface area (Å²) in [6, 6.07) is 11.4. The van der Waals surface area contributed by atoms with Crippen molar-refractivity contribution in [2.45, 2.75) is 25.4 Å². The van der Waals surface area contributed by atoms with Crippen LogP contribution >= 0.6 is 23.6 Å². The number of hydrogen-bond donors (Lipinski definition) is 2. The van der Waals surface area contributed by atoms with Gasteiger partial charge in [0.25, 0.3) is 0 Å². The first-order valence-corrected chi connectivity index (χ1v) is 9.37. The Morgan fingerprint density at radius 2 is 2.09 bits per heavy atom. The molecule has 0 aliphatic carbocycles. The Morgan fingerprint density at radius 3 is 2.87 bits per heavy atom. The van der Waals surface area contributed by atoms with Crippen LogP contribution in [0.2, 0.25) is 0 Å². The van der Waals surface area contributed by atoms with Crippen molar-refractivity contribution in [2.24, 2.45) is 0 Å². The van der Waals surface area contributed by atoms with Gasteiger partial charge in [-0.2, -0.15) is 11.3 Å². The summed E-state index contributed by atoms with van der Waals surface area (Å²) < 4.78 is 0. The molecule has 23 heavy (non-hydrogen) atoms. The summed E-state index contributed by atoms with van der Waals surface area (Å²) in [5.74, 6) is 0. The molecule has 0 amide bonds. The number of hydrogen-bond acceptors (Lipinski definition) is 3. The molecule has 122 valence electrons. The first kappa shape index (κ1) is 16.4. The van der Waals surface area contributed by atoms with Crippen molar-refractivity contribution in [3.05, 3.63) is 57.8 Å². The van der Waals surface area contributed by atoms with Crippen LogP contribution in [0.15, 0.2) is 41.1 Å². The first-order chi connectivity index (χ1) is 11.2. The molecule has 3 nitrogen and oxygen atoms in total. The average Bonchev–Trinajstić information content (AvgIpc) is 3.06. The Labute approximate surface area is 147 Å². The van der Waals surface area contributed by atoms with E-state index in [1.54, 1.807) is 11.3 Å². The normalized spacial score (nSPS) is 17.5. The van der Waals surface area contributed by atoms with Gasteiger partial charge in [0.2, 0.25) is 0 Å². The van der Waals surface area contributed by atoms with E-state index >= 15 is 0 Å². The van der Waals surface area contributed by atoms with E-state index in [2.05, 4.69) is 63.7 Å². The molecule has 0 bridgehead atoms. The monoisotopic (exact) mass is 345 g/mol. The minimum absolute atomic E-state index is 0.488. The number of thiophene rings is 1. The highest BCUT2D eigenvalue weighted by Gasteiger charge is 2.22. The summed E-state index contributed by atoms with van der Waals surface area (Å²) in [7, 11) is 2.19. The van der Waals surface area contributed by atoms with Crippen LogP contribution in [-0.2, 0) is 19.4 Å². The van der Waals surface area contributed by atoms with Gasteiger partial charge in [0.1, 0.15) is 0 Å². The van der Waals surface area contributed by atoms with Crippen LogP contribution in [0.25, 0.3) is 0 Å². The quantitative estimate of drug-likeness (QED) is 0.815. The van der Waals surface area contributed by atoms with Crippen molar-refractivity contribution in [3.8, 4) is 0 Å². The molecule has 5 heteroatoms. The number of nitrogens with one attached hydrogen (secondary N) is 2. The van der Waals surface area contributed by atoms with E-state index in [0.29, 0.717) is 6.04 Å². The SMILES string of the molecule is CN1Cc2ccccc2CC1CNC(=S)NCCc1ccsc1. The van der Waals surface area contributed by atoms with Gasteiger partial charge >= 0.3 is 0 Å². The van der Waals surface area contributed by atoms with Crippen LogP contribution in [0.1, 0.15) is 16.7 Å². The number of thiocarbonyl (C=S) groups is 1. The molecule has 3 rings (SSSR count). The van der Waals surface area contributed by atoms with E-state index in [0.717, 1.165) is 37.6 Å². The van der Waals surface area contributed by atoms with E-state index in [9.17, 15) is 0 Å². The van der Waals surface area contributed by atoms with Crippen molar-refractivity contribution >= 4 is 28.7 Å². The number of rotatable bonds is 5. The zero-order valence-electron chi connectivity index (χ0n) is 13.4. The maximum absolute atomic E-state index is 5.40. The Hall–Kier alpha value is -1.43. The van der Waals surface area contributed by atoms with E-state index in [-0.39, 0.29) is 0 Å². The van der Waals surface area contributed by atoms with Crippen LogP contribution in [0.3, 0.4) is 0 Å². The second-order valence-corrected chi connectivity index (χ2v) is 7.25. The predicted octanol–water partition coefficient (Wildman–Crippen LogP) is 2.81. The molecule has 0 saturated carbocycles. The molecular formula is C18H23N3S2. The first-order valence-electron chi connectivity index (χ1n) is 8.02. The summed E-state index contributed by atoms with van der Waals surface area (Å²) in [4.78, 5) is 2.41. The fourth-order valence-corrected chi connectivity index (χ4v) is 3.86. The lowest BCUT2D eigenvalue weighted by Gasteiger charge is -2.34. The number of benzene rings is 1. The largest absolute Gasteiger partial charge is 0.362 e. The molecule has 0 saturated heterocycles. The smallest absolute Gasteiger partial charge is 0.166 e. The van der Waals surface area contributed by atoms with E-state index < -0.39 is 0 Å². The third-order valence-electron chi connectivity index (χ3n) is 4.39. The molecule has 1 aromatic heterocycles. The van der Waals surface area contributed by atoms with Crippen molar-refractivity contribution in [2.75, 3.05) is 20.1 Å². The van der Waals surface area contributed by atoms with Crippen LogP contribution in [0.4, 0.5) is 0 Å². The third kappa shape index (κ3) is 4.53. The maximum atomic E-state index is 5.40. The van der Waals surface area contributed by atoms with Gasteiger partial charge in [-0.25, -0.2) is 0 Å². The van der Waals surface area contributed by atoms with Gasteiger partial charge in [-0.05, 0) is 65.6 Å². The maximum Gasteiger partial charge on any atom is 0.166 e. The second kappa shape index (κ2) is 7.90. The summed E-state index contributed by atoms with van der Waals surface area (Å²) in [5.41, 5.74) is 4.28. The number of nitrogens with zero attached hydrogens (tertiary/aromatic N) is 1. The van der Waals surface area contributed by atoms with Gasteiger partial charge in [-0.1, -0.05) is 24.3 Å². The third-order valence-corrected chi connectivity index (χ3v) is 5.42. The molecule has 1 aromatic carbocycles. The van der Waals surface area contributed by atoms with Crippen molar-refractivity contribution in [1.29, 1.82) is 0 Å². The fraction of sp³-hybridized carbons (Fsp3) is 0.389. The minimum Gasteiger partial charge on any atom is -0.362 e. The fourth-order valence-electron chi connectivity index (χ4n) is 2.97. The minimum atomic E-state index is 0.488. The zero-order chi connectivity index (χ0) is 16.1. The Morgan fingerprint density at radius 1 is 1.26 bits per heavy atom. The van der Waals surface area contributed by atoms with E-state index in [1.165, 1.54) is 16.7 Å². The van der Waals surface area contributed by atoms with Gasteiger partial charge in [0.15, 0.2) is 5.11 Å². The Balaban J connectivity index is 1.42. The molecule has 2 heterocycles. The lowest BCUT2D eigenvalue weighted by Crippen LogP contribution is -2.47. The average molecular weight is 346 g/mol. The Kier molecular flexibility index (Phi) is 5.65. The summed E-state index contributed by atoms with van der Waals surface area (Å²) >= 11 is 7.14. The highest BCUT2D eigenvalue weighted by molar-refractivity contribution is 7.80. The lowest BCUT2D eigenvalue weighted by molar-refractivity contribution is 0.216. The summed E-state index contributed by atoms with van der Waals surface area (Å²) in [6.07, 6.45) is 2.10. The van der Waals surface area contributed by atoms with Crippen molar-refractivity contribution < 1.29 is 0 Å².